The molecule has 0 aromatic heterocycles. The van der Waals surface area contributed by atoms with Gasteiger partial charge in [-0.1, -0.05) is 12.1 Å². The number of nitrogens with zero attached hydrogens (tertiary/aromatic N) is 1. The van der Waals surface area contributed by atoms with Crippen LogP contribution in [0.15, 0.2) is 18.2 Å². The average Bonchev–Trinajstić information content (AvgIpc) is 2.97. The van der Waals surface area contributed by atoms with E-state index in [2.05, 4.69) is 35.5 Å². The number of hydrogen-bond donors (Lipinski definition) is 1. The lowest BCUT2D eigenvalue weighted by atomic mass is 10.0. The van der Waals surface area contributed by atoms with Crippen molar-refractivity contribution in [2.45, 2.75) is 18.8 Å². The van der Waals surface area contributed by atoms with E-state index in [1.54, 1.807) is 11.1 Å². The van der Waals surface area contributed by atoms with Crippen LogP contribution in [0.1, 0.15) is 23.5 Å². The normalized spacial score (nSPS) is 27.0. The van der Waals surface area contributed by atoms with Crippen molar-refractivity contribution in [1.29, 1.82) is 0 Å². The van der Waals surface area contributed by atoms with E-state index in [1.807, 2.05) is 7.05 Å². The highest BCUT2D eigenvalue weighted by Gasteiger charge is 2.37. The van der Waals surface area contributed by atoms with E-state index in [-0.39, 0.29) is 0 Å². The van der Waals surface area contributed by atoms with Crippen LogP contribution in [0.5, 0.6) is 0 Å². The highest BCUT2D eigenvalue weighted by Crippen LogP contribution is 2.48. The second-order valence-corrected chi connectivity index (χ2v) is 5.22. The summed E-state index contributed by atoms with van der Waals surface area (Å²) >= 11 is 0. The first kappa shape index (κ1) is 10.2. The summed E-state index contributed by atoms with van der Waals surface area (Å²) in [5.41, 5.74) is 4.55. The van der Waals surface area contributed by atoms with E-state index in [0.29, 0.717) is 0 Å². The summed E-state index contributed by atoms with van der Waals surface area (Å²) < 4.78 is 0. The summed E-state index contributed by atoms with van der Waals surface area (Å²) in [6, 6.07) is 7.09. The van der Waals surface area contributed by atoms with Crippen molar-refractivity contribution >= 4 is 5.69 Å². The lowest BCUT2D eigenvalue weighted by Crippen LogP contribution is -2.12. The van der Waals surface area contributed by atoms with Crippen LogP contribution in [-0.2, 0) is 6.42 Å². The van der Waals surface area contributed by atoms with Crippen molar-refractivity contribution in [2.75, 3.05) is 32.1 Å². The molecular formula is C14H20N2. The second kappa shape index (κ2) is 3.77. The quantitative estimate of drug-likeness (QED) is 0.831. The minimum Gasteiger partial charge on any atom is -0.374 e. The molecule has 0 amide bonds. The van der Waals surface area contributed by atoms with Crippen LogP contribution in [-0.4, -0.2) is 27.2 Å². The predicted molar refractivity (Wildman–Crippen MR) is 68.2 cm³/mol. The van der Waals surface area contributed by atoms with Crippen LogP contribution < -0.4 is 10.2 Å². The van der Waals surface area contributed by atoms with E-state index in [4.69, 9.17) is 0 Å². The van der Waals surface area contributed by atoms with Crippen LogP contribution >= 0.6 is 0 Å². The molecule has 1 aliphatic heterocycles. The van der Waals surface area contributed by atoms with Crippen molar-refractivity contribution in [3.8, 4) is 0 Å². The zero-order valence-corrected chi connectivity index (χ0v) is 10.2. The van der Waals surface area contributed by atoms with Gasteiger partial charge in [-0.15, -0.1) is 0 Å². The van der Waals surface area contributed by atoms with Crippen LogP contribution in [0.25, 0.3) is 0 Å². The minimum absolute atomic E-state index is 0.823. The monoisotopic (exact) mass is 216 g/mol. The molecule has 2 nitrogen and oxygen atoms in total. The molecule has 1 aromatic rings. The Morgan fingerprint density at radius 1 is 1.44 bits per heavy atom. The van der Waals surface area contributed by atoms with Crippen LogP contribution in [0.4, 0.5) is 5.69 Å². The summed E-state index contributed by atoms with van der Waals surface area (Å²) in [5, 5.41) is 3.28. The number of fused-ring (bicyclic) bond motifs is 1. The Morgan fingerprint density at radius 3 is 3.12 bits per heavy atom. The molecule has 1 aliphatic carbocycles. The molecule has 16 heavy (non-hydrogen) atoms. The van der Waals surface area contributed by atoms with Gasteiger partial charge in [0.15, 0.2) is 0 Å². The average molecular weight is 216 g/mol. The van der Waals surface area contributed by atoms with Gasteiger partial charge >= 0.3 is 0 Å². The van der Waals surface area contributed by atoms with E-state index in [1.165, 1.54) is 31.6 Å². The largest absolute Gasteiger partial charge is 0.374 e. The zero-order valence-electron chi connectivity index (χ0n) is 10.2. The Labute approximate surface area is 97.6 Å². The van der Waals surface area contributed by atoms with Gasteiger partial charge < -0.3 is 10.2 Å². The number of hydrogen-bond acceptors (Lipinski definition) is 2. The molecule has 1 heterocycles. The Bertz CT molecular complexity index is 400. The van der Waals surface area contributed by atoms with Crippen LogP contribution in [0.2, 0.25) is 0 Å². The highest BCUT2D eigenvalue weighted by molar-refractivity contribution is 5.59. The van der Waals surface area contributed by atoms with E-state index >= 15 is 0 Å². The fourth-order valence-corrected chi connectivity index (χ4v) is 2.96. The first-order valence-electron chi connectivity index (χ1n) is 6.28. The third-order valence-corrected chi connectivity index (χ3v) is 4.05. The predicted octanol–water partition coefficient (Wildman–Crippen LogP) is 2.00. The number of nitrogens with one attached hydrogen (secondary N) is 1. The smallest absolute Gasteiger partial charge is 0.0397 e. The first-order valence-corrected chi connectivity index (χ1v) is 6.28. The molecule has 0 saturated heterocycles. The first-order chi connectivity index (χ1) is 7.79. The van der Waals surface area contributed by atoms with Crippen molar-refractivity contribution < 1.29 is 0 Å². The van der Waals surface area contributed by atoms with Gasteiger partial charge in [-0.05, 0) is 55.5 Å². The summed E-state index contributed by atoms with van der Waals surface area (Å²) in [4.78, 5) is 2.36. The highest BCUT2D eigenvalue weighted by atomic mass is 15.1. The summed E-state index contributed by atoms with van der Waals surface area (Å²) in [6.45, 7) is 2.35. The number of likely N-dealkylation sites (N-methyl/N-ethyl adjacent to an activating group) is 1. The van der Waals surface area contributed by atoms with E-state index in [9.17, 15) is 0 Å². The number of rotatable bonds is 3. The van der Waals surface area contributed by atoms with Gasteiger partial charge in [0, 0.05) is 19.3 Å². The number of anilines is 1. The van der Waals surface area contributed by atoms with Gasteiger partial charge in [0.2, 0.25) is 0 Å². The van der Waals surface area contributed by atoms with Gasteiger partial charge in [0.25, 0.3) is 0 Å². The van der Waals surface area contributed by atoms with Crippen molar-refractivity contribution in [3.05, 3.63) is 29.3 Å². The molecule has 1 fully saturated rings. The summed E-state index contributed by atoms with van der Waals surface area (Å²) in [5.74, 6) is 1.70. The maximum Gasteiger partial charge on any atom is 0.0397 e. The van der Waals surface area contributed by atoms with Crippen molar-refractivity contribution in [1.82, 2.24) is 5.32 Å². The zero-order chi connectivity index (χ0) is 11.1. The molecule has 0 radical (unpaired) electrons. The van der Waals surface area contributed by atoms with Gasteiger partial charge in [0.05, 0.1) is 0 Å². The Balaban J connectivity index is 1.79. The fourth-order valence-electron chi connectivity index (χ4n) is 2.96. The molecule has 2 unspecified atom stereocenters. The molecule has 86 valence electrons. The molecule has 2 heteroatoms. The maximum atomic E-state index is 3.28. The third kappa shape index (κ3) is 1.61. The molecule has 1 N–H and O–H groups in total. The lowest BCUT2D eigenvalue weighted by Gasteiger charge is -2.12. The van der Waals surface area contributed by atoms with Crippen molar-refractivity contribution in [2.24, 2.45) is 5.92 Å². The van der Waals surface area contributed by atoms with E-state index in [0.717, 1.165) is 11.8 Å². The van der Waals surface area contributed by atoms with Crippen molar-refractivity contribution in [3.63, 3.8) is 0 Å². The standard InChI is InChI=1S/C14H20N2/c1-15-9-12-8-13(12)10-3-4-14-11(7-10)5-6-16(14)2/h3-4,7,12-13,15H,5-6,8-9H2,1-2H3. The van der Waals surface area contributed by atoms with E-state index < -0.39 is 0 Å². The van der Waals surface area contributed by atoms with Crippen LogP contribution in [0.3, 0.4) is 0 Å². The molecule has 2 aliphatic rings. The molecular weight excluding hydrogens is 196 g/mol. The Morgan fingerprint density at radius 2 is 2.31 bits per heavy atom. The summed E-state index contributed by atoms with van der Waals surface area (Å²) in [7, 11) is 4.24. The molecule has 3 rings (SSSR count). The van der Waals surface area contributed by atoms with Gasteiger partial charge in [-0.2, -0.15) is 0 Å². The second-order valence-electron chi connectivity index (χ2n) is 5.22. The maximum absolute atomic E-state index is 3.28. The molecule has 0 bridgehead atoms. The molecule has 0 spiro atoms. The third-order valence-electron chi connectivity index (χ3n) is 4.05. The lowest BCUT2D eigenvalue weighted by molar-refractivity contribution is 0.698. The summed E-state index contributed by atoms with van der Waals surface area (Å²) in [6.07, 6.45) is 2.60. The Kier molecular flexibility index (Phi) is 2.40. The van der Waals surface area contributed by atoms with Gasteiger partial charge in [-0.25, -0.2) is 0 Å². The van der Waals surface area contributed by atoms with Crippen LogP contribution in [0, 0.1) is 5.92 Å². The number of benzene rings is 1. The fraction of sp³-hybridized carbons (Fsp3) is 0.571. The Hall–Kier alpha value is -1.02. The molecule has 2 atom stereocenters. The van der Waals surface area contributed by atoms with Gasteiger partial charge in [-0.3, -0.25) is 0 Å². The SMILES string of the molecule is CNCC1CC1c1ccc2c(c1)CCN2C. The topological polar surface area (TPSA) is 15.3 Å². The molecule has 1 saturated carbocycles. The minimum atomic E-state index is 0.823. The molecule has 1 aromatic carbocycles. The van der Waals surface area contributed by atoms with Gasteiger partial charge in [0.1, 0.15) is 0 Å².